The van der Waals surface area contributed by atoms with Gasteiger partial charge in [0.2, 0.25) is 0 Å². The number of hydrazone groups is 1. The first kappa shape index (κ1) is 16.2. The molecule has 3 aromatic rings. The SMILES string of the molecule is COc1ccc([C@@H]2CC(c3cccs3)=NN2c2ccc(Cl)cc2)cc1. The molecule has 3 nitrogen and oxygen atoms in total. The topological polar surface area (TPSA) is 24.8 Å². The minimum atomic E-state index is 0.157. The fourth-order valence-corrected chi connectivity index (χ4v) is 3.87. The van der Waals surface area contributed by atoms with Crippen LogP contribution in [0.2, 0.25) is 5.02 Å². The maximum Gasteiger partial charge on any atom is 0.118 e. The summed E-state index contributed by atoms with van der Waals surface area (Å²) >= 11 is 7.77. The van der Waals surface area contributed by atoms with E-state index in [9.17, 15) is 0 Å². The predicted molar refractivity (Wildman–Crippen MR) is 105 cm³/mol. The first-order valence-corrected chi connectivity index (χ1v) is 9.30. The summed E-state index contributed by atoms with van der Waals surface area (Å²) in [7, 11) is 1.68. The standard InChI is InChI=1S/C20H17ClN2OS/c1-24-17-10-4-14(5-11-17)19-13-18(20-3-2-12-25-20)22-23(19)16-8-6-15(21)7-9-16/h2-12,19H,13H2,1H3/t19-/m0/s1. The van der Waals surface area contributed by atoms with E-state index in [-0.39, 0.29) is 6.04 Å². The third kappa shape index (κ3) is 3.28. The largest absolute Gasteiger partial charge is 0.497 e. The zero-order chi connectivity index (χ0) is 17.2. The Balaban J connectivity index is 1.72. The van der Waals surface area contributed by atoms with Gasteiger partial charge in [0.05, 0.1) is 29.4 Å². The molecule has 1 atom stereocenters. The van der Waals surface area contributed by atoms with Crippen LogP contribution < -0.4 is 9.75 Å². The monoisotopic (exact) mass is 368 g/mol. The number of halogens is 1. The first-order valence-electron chi connectivity index (χ1n) is 8.05. The van der Waals surface area contributed by atoms with Gasteiger partial charge in [0, 0.05) is 11.4 Å². The minimum Gasteiger partial charge on any atom is -0.497 e. The number of benzene rings is 2. The number of hydrogen-bond acceptors (Lipinski definition) is 4. The quantitative estimate of drug-likeness (QED) is 0.584. The molecule has 5 heteroatoms. The van der Waals surface area contributed by atoms with Gasteiger partial charge in [0.1, 0.15) is 5.75 Å². The molecule has 4 rings (SSSR count). The summed E-state index contributed by atoms with van der Waals surface area (Å²) < 4.78 is 5.28. The van der Waals surface area contributed by atoms with Crippen LogP contribution in [0.4, 0.5) is 5.69 Å². The Morgan fingerprint density at radius 3 is 2.48 bits per heavy atom. The summed E-state index contributed by atoms with van der Waals surface area (Å²) in [5.74, 6) is 0.860. The van der Waals surface area contributed by atoms with E-state index in [0.29, 0.717) is 0 Å². The average Bonchev–Trinajstić information content (AvgIpc) is 3.32. The van der Waals surface area contributed by atoms with Gasteiger partial charge in [0.15, 0.2) is 0 Å². The van der Waals surface area contributed by atoms with Crippen molar-refractivity contribution >= 4 is 34.3 Å². The molecular formula is C20H17ClN2OS. The highest BCUT2D eigenvalue weighted by Gasteiger charge is 2.30. The van der Waals surface area contributed by atoms with Crippen molar-refractivity contribution in [3.05, 3.63) is 81.5 Å². The molecule has 0 saturated carbocycles. The summed E-state index contributed by atoms with van der Waals surface area (Å²) in [4.78, 5) is 1.22. The Morgan fingerprint density at radius 1 is 1.08 bits per heavy atom. The molecule has 2 heterocycles. The molecule has 0 aliphatic carbocycles. The van der Waals surface area contributed by atoms with Crippen molar-refractivity contribution in [1.82, 2.24) is 0 Å². The number of ether oxygens (including phenoxy) is 1. The van der Waals surface area contributed by atoms with Crippen LogP contribution in [0.3, 0.4) is 0 Å². The van der Waals surface area contributed by atoms with E-state index in [2.05, 4.69) is 34.7 Å². The van der Waals surface area contributed by atoms with Gasteiger partial charge in [-0.05, 0) is 53.4 Å². The molecule has 0 N–H and O–H groups in total. The van der Waals surface area contributed by atoms with Crippen LogP contribution in [0.1, 0.15) is 22.9 Å². The Kier molecular flexibility index (Phi) is 4.47. The van der Waals surface area contributed by atoms with Gasteiger partial charge >= 0.3 is 0 Å². The lowest BCUT2D eigenvalue weighted by Gasteiger charge is -2.24. The molecule has 1 aromatic heterocycles. The average molecular weight is 369 g/mol. The maximum atomic E-state index is 6.05. The third-order valence-corrected chi connectivity index (χ3v) is 5.48. The van der Waals surface area contributed by atoms with Crippen molar-refractivity contribution in [2.75, 3.05) is 12.1 Å². The Labute approximate surface area is 156 Å². The molecule has 1 aliphatic rings. The highest BCUT2D eigenvalue weighted by molar-refractivity contribution is 7.12. The Hall–Kier alpha value is -2.30. The predicted octanol–water partition coefficient (Wildman–Crippen LogP) is 5.77. The minimum absolute atomic E-state index is 0.157. The van der Waals surface area contributed by atoms with Crippen molar-refractivity contribution in [2.24, 2.45) is 5.10 Å². The number of methoxy groups -OCH3 is 1. The van der Waals surface area contributed by atoms with E-state index >= 15 is 0 Å². The van der Waals surface area contributed by atoms with Gasteiger partial charge in [-0.15, -0.1) is 11.3 Å². The van der Waals surface area contributed by atoms with E-state index in [4.69, 9.17) is 21.4 Å². The van der Waals surface area contributed by atoms with Gasteiger partial charge in [-0.3, -0.25) is 5.01 Å². The van der Waals surface area contributed by atoms with Crippen LogP contribution in [-0.2, 0) is 0 Å². The fourth-order valence-electron chi connectivity index (χ4n) is 3.02. The van der Waals surface area contributed by atoms with Crippen LogP contribution in [0.15, 0.2) is 71.1 Å². The molecule has 0 spiro atoms. The van der Waals surface area contributed by atoms with Gasteiger partial charge in [-0.25, -0.2) is 0 Å². The summed E-state index contributed by atoms with van der Waals surface area (Å²) in [6.07, 6.45) is 0.871. The number of rotatable bonds is 4. The zero-order valence-electron chi connectivity index (χ0n) is 13.7. The molecule has 0 saturated heterocycles. The van der Waals surface area contributed by atoms with Crippen LogP contribution >= 0.6 is 22.9 Å². The van der Waals surface area contributed by atoms with Crippen LogP contribution in [-0.4, -0.2) is 12.8 Å². The van der Waals surface area contributed by atoms with E-state index in [1.165, 1.54) is 10.4 Å². The second-order valence-corrected chi connectivity index (χ2v) is 7.22. The second kappa shape index (κ2) is 6.90. The number of nitrogens with zero attached hydrogens (tertiary/aromatic N) is 2. The Bertz CT molecular complexity index is 873. The molecule has 0 fully saturated rings. The second-order valence-electron chi connectivity index (χ2n) is 5.84. The smallest absolute Gasteiger partial charge is 0.118 e. The normalized spacial score (nSPS) is 16.8. The fraction of sp³-hybridized carbons (Fsp3) is 0.150. The molecule has 0 unspecified atom stereocenters. The van der Waals surface area contributed by atoms with Crippen molar-refractivity contribution < 1.29 is 4.74 Å². The van der Waals surface area contributed by atoms with E-state index in [1.54, 1.807) is 18.4 Å². The molecule has 0 radical (unpaired) electrons. The summed E-state index contributed by atoms with van der Waals surface area (Å²) in [5.41, 5.74) is 3.37. The molecule has 25 heavy (non-hydrogen) atoms. The van der Waals surface area contributed by atoms with Gasteiger partial charge in [-0.2, -0.15) is 5.10 Å². The third-order valence-electron chi connectivity index (χ3n) is 4.31. The van der Waals surface area contributed by atoms with Gasteiger partial charge < -0.3 is 4.74 Å². The van der Waals surface area contributed by atoms with Crippen molar-refractivity contribution in [3.8, 4) is 5.75 Å². The lowest BCUT2D eigenvalue weighted by atomic mass is 10.0. The number of thiophene rings is 1. The highest BCUT2D eigenvalue weighted by atomic mass is 35.5. The number of anilines is 1. The summed E-state index contributed by atoms with van der Waals surface area (Å²) in [6, 6.07) is 20.4. The van der Waals surface area contributed by atoms with Gasteiger partial charge in [0.25, 0.3) is 0 Å². The van der Waals surface area contributed by atoms with E-state index < -0.39 is 0 Å². The molecule has 126 valence electrons. The highest BCUT2D eigenvalue weighted by Crippen LogP contribution is 2.38. The van der Waals surface area contributed by atoms with E-state index in [0.717, 1.165) is 28.6 Å². The van der Waals surface area contributed by atoms with Crippen LogP contribution in [0.5, 0.6) is 5.75 Å². The molecular weight excluding hydrogens is 352 g/mol. The zero-order valence-corrected chi connectivity index (χ0v) is 15.3. The summed E-state index contributed by atoms with van der Waals surface area (Å²) in [5, 5.41) is 9.82. The lowest BCUT2D eigenvalue weighted by Crippen LogP contribution is -2.18. The van der Waals surface area contributed by atoms with Gasteiger partial charge in [-0.1, -0.05) is 29.8 Å². The maximum absolute atomic E-state index is 6.05. The first-order chi connectivity index (χ1) is 12.2. The van der Waals surface area contributed by atoms with Crippen LogP contribution in [0.25, 0.3) is 0 Å². The Morgan fingerprint density at radius 2 is 1.84 bits per heavy atom. The molecule has 1 aliphatic heterocycles. The molecule has 0 bridgehead atoms. The van der Waals surface area contributed by atoms with Crippen molar-refractivity contribution in [3.63, 3.8) is 0 Å². The lowest BCUT2D eigenvalue weighted by molar-refractivity contribution is 0.414. The van der Waals surface area contributed by atoms with E-state index in [1.807, 2.05) is 36.4 Å². The number of hydrogen-bond donors (Lipinski definition) is 0. The van der Waals surface area contributed by atoms with Crippen molar-refractivity contribution in [1.29, 1.82) is 0 Å². The van der Waals surface area contributed by atoms with Crippen molar-refractivity contribution in [2.45, 2.75) is 12.5 Å². The molecule has 2 aromatic carbocycles. The molecule has 0 amide bonds. The van der Waals surface area contributed by atoms with Crippen LogP contribution in [0, 0.1) is 0 Å². The summed E-state index contributed by atoms with van der Waals surface area (Å²) in [6.45, 7) is 0.